The van der Waals surface area contributed by atoms with Gasteiger partial charge in [0, 0.05) is 17.5 Å². The van der Waals surface area contributed by atoms with Crippen molar-refractivity contribution in [2.45, 2.75) is 83.7 Å². The topological polar surface area (TPSA) is 18.5 Å². The predicted octanol–water partition coefficient (Wildman–Crippen LogP) is 10.3. The zero-order valence-electron chi connectivity index (χ0n) is 24.1. The molecule has 0 heterocycles. The molecule has 42 heavy (non-hydrogen) atoms. The quantitative estimate of drug-likeness (QED) is 0.145. The fourth-order valence-electron chi connectivity index (χ4n) is 5.78. The first-order valence-electron chi connectivity index (χ1n) is 14.9. The average molecular weight is 593 g/mol. The van der Waals surface area contributed by atoms with Gasteiger partial charge in [-0.1, -0.05) is 44.4 Å². The van der Waals surface area contributed by atoms with E-state index in [9.17, 15) is 13.2 Å². The minimum Gasteiger partial charge on any atom is -0.491 e. The van der Waals surface area contributed by atoms with E-state index in [4.69, 9.17) is 9.47 Å². The number of hydrogen-bond acceptors (Lipinski definition) is 2. The maximum atomic E-state index is 15.2. The molecule has 3 aromatic carbocycles. The summed E-state index contributed by atoms with van der Waals surface area (Å²) in [6, 6.07) is 9.54. The predicted molar refractivity (Wildman–Crippen MR) is 152 cm³/mol. The van der Waals surface area contributed by atoms with Crippen molar-refractivity contribution in [3.8, 4) is 22.6 Å². The first kappa shape index (κ1) is 31.8. The Hall–Kier alpha value is -3.16. The Bertz CT molecular complexity index is 1340. The number of benzene rings is 3. The summed E-state index contributed by atoms with van der Waals surface area (Å²) in [6.45, 7) is 4.30. The van der Waals surface area contributed by atoms with Crippen LogP contribution >= 0.6 is 0 Å². The van der Waals surface area contributed by atoms with Crippen LogP contribution in [0.1, 0.15) is 82.3 Å². The molecule has 4 rings (SSSR count). The summed E-state index contributed by atoms with van der Waals surface area (Å²) >= 11 is 0. The molecule has 1 aliphatic carbocycles. The van der Waals surface area contributed by atoms with Crippen molar-refractivity contribution in [2.75, 3.05) is 13.2 Å². The molecule has 1 unspecified atom stereocenters. The summed E-state index contributed by atoms with van der Waals surface area (Å²) in [4.78, 5) is 0. The van der Waals surface area contributed by atoms with Gasteiger partial charge in [0.2, 0.25) is 5.82 Å². The van der Waals surface area contributed by atoms with Crippen LogP contribution in [0.5, 0.6) is 11.5 Å². The Morgan fingerprint density at radius 1 is 0.714 bits per heavy atom. The van der Waals surface area contributed by atoms with Gasteiger partial charge in [-0.25, -0.2) is 22.0 Å². The third kappa shape index (κ3) is 7.42. The number of rotatable bonds is 13. The molecule has 0 N–H and O–H groups in total. The summed E-state index contributed by atoms with van der Waals surface area (Å²) in [7, 11) is 0. The summed E-state index contributed by atoms with van der Waals surface area (Å²) in [5.74, 6) is -6.19. The number of unbranched alkanes of at least 4 members (excludes halogenated alkanes) is 3. The van der Waals surface area contributed by atoms with Crippen LogP contribution in [0.2, 0.25) is 0 Å². The largest absolute Gasteiger partial charge is 0.491 e. The van der Waals surface area contributed by atoms with E-state index < -0.39 is 40.8 Å². The monoisotopic (exact) mass is 592 g/mol. The molecular formula is C34H38F6O2. The van der Waals surface area contributed by atoms with Gasteiger partial charge >= 0.3 is 0 Å². The highest BCUT2D eigenvalue weighted by Gasteiger charge is 2.31. The van der Waals surface area contributed by atoms with Crippen LogP contribution < -0.4 is 9.47 Å². The fraction of sp³-hybridized carbons (Fsp3) is 0.471. The molecule has 0 bridgehead atoms. The van der Waals surface area contributed by atoms with Gasteiger partial charge in [-0.15, -0.1) is 0 Å². The molecule has 0 amide bonds. The SMILES string of the molecule is CCCCCCOc1ccc(CC(F)C2CCC(c3ccc(-c4ccc(OCC)c(F)c4F)c(F)c3F)CC2)cc1F. The lowest BCUT2D eigenvalue weighted by molar-refractivity contribution is 0.170. The van der Waals surface area contributed by atoms with Crippen molar-refractivity contribution in [2.24, 2.45) is 5.92 Å². The van der Waals surface area contributed by atoms with Gasteiger partial charge in [-0.3, -0.25) is 0 Å². The first-order valence-corrected chi connectivity index (χ1v) is 14.9. The Labute approximate surface area is 244 Å². The number of ether oxygens (including phenoxy) is 2. The second kappa shape index (κ2) is 14.8. The molecule has 0 radical (unpaired) electrons. The second-order valence-electron chi connectivity index (χ2n) is 11.0. The van der Waals surface area contributed by atoms with Crippen molar-refractivity contribution in [1.82, 2.24) is 0 Å². The first-order chi connectivity index (χ1) is 20.2. The Balaban J connectivity index is 1.35. The van der Waals surface area contributed by atoms with Gasteiger partial charge in [0.15, 0.2) is 34.8 Å². The third-order valence-electron chi connectivity index (χ3n) is 8.15. The second-order valence-corrected chi connectivity index (χ2v) is 11.0. The molecule has 3 aromatic rings. The van der Waals surface area contributed by atoms with E-state index in [1.54, 1.807) is 19.1 Å². The summed E-state index contributed by atoms with van der Waals surface area (Å²) in [5.41, 5.74) is -0.0920. The standard InChI is InChI=1S/C34H38F6O2/c1-3-5-6-7-18-42-29-16-8-21(20-28(29)36)19-27(35)23-11-9-22(10-12-23)24-13-14-25(32(38)31(24)37)26-15-17-30(41-4-2)34(40)33(26)39/h8,13-17,20,22-23,27H,3-7,9-12,18-19H2,1-2H3. The molecule has 0 aromatic heterocycles. The van der Waals surface area contributed by atoms with Gasteiger partial charge in [0.25, 0.3) is 0 Å². The van der Waals surface area contributed by atoms with Crippen LogP contribution in [-0.2, 0) is 6.42 Å². The van der Waals surface area contributed by atoms with Crippen LogP contribution in [0.15, 0.2) is 42.5 Å². The smallest absolute Gasteiger partial charge is 0.201 e. The minimum absolute atomic E-state index is 0.0604. The van der Waals surface area contributed by atoms with E-state index in [1.165, 1.54) is 24.3 Å². The van der Waals surface area contributed by atoms with Crippen LogP contribution in [-0.4, -0.2) is 19.4 Å². The Morgan fingerprint density at radius 3 is 2.05 bits per heavy atom. The molecule has 0 saturated heterocycles. The molecule has 8 heteroatoms. The van der Waals surface area contributed by atoms with E-state index in [0.717, 1.165) is 31.7 Å². The molecule has 0 spiro atoms. The summed E-state index contributed by atoms with van der Waals surface area (Å²) < 4.78 is 99.5. The zero-order chi connectivity index (χ0) is 30.2. The van der Waals surface area contributed by atoms with Gasteiger partial charge in [0.05, 0.1) is 13.2 Å². The Morgan fingerprint density at radius 2 is 1.38 bits per heavy atom. The van der Waals surface area contributed by atoms with Crippen molar-refractivity contribution in [1.29, 1.82) is 0 Å². The molecular weight excluding hydrogens is 554 g/mol. The van der Waals surface area contributed by atoms with Gasteiger partial charge < -0.3 is 9.47 Å². The van der Waals surface area contributed by atoms with Crippen LogP contribution in [0.3, 0.4) is 0 Å². The highest BCUT2D eigenvalue weighted by Crippen LogP contribution is 2.41. The zero-order valence-corrected chi connectivity index (χ0v) is 24.1. The molecule has 1 fully saturated rings. The van der Waals surface area contributed by atoms with Crippen LogP contribution in [0.4, 0.5) is 26.3 Å². The minimum atomic E-state index is -1.31. The lowest BCUT2D eigenvalue weighted by atomic mass is 9.76. The van der Waals surface area contributed by atoms with E-state index in [-0.39, 0.29) is 47.5 Å². The number of hydrogen-bond donors (Lipinski definition) is 0. The van der Waals surface area contributed by atoms with E-state index in [2.05, 4.69) is 6.92 Å². The average Bonchev–Trinajstić information content (AvgIpc) is 2.98. The van der Waals surface area contributed by atoms with E-state index in [1.807, 2.05) is 0 Å². The molecule has 1 aliphatic rings. The summed E-state index contributed by atoms with van der Waals surface area (Å²) in [5, 5.41) is 0. The van der Waals surface area contributed by atoms with Gasteiger partial charge in [-0.05, 0) is 86.3 Å². The molecule has 1 atom stereocenters. The van der Waals surface area contributed by atoms with Crippen molar-refractivity contribution in [3.63, 3.8) is 0 Å². The molecule has 228 valence electrons. The number of alkyl halides is 1. The Kier molecular flexibility index (Phi) is 11.2. The van der Waals surface area contributed by atoms with Gasteiger partial charge in [-0.2, -0.15) is 4.39 Å². The maximum Gasteiger partial charge on any atom is 0.201 e. The van der Waals surface area contributed by atoms with Crippen molar-refractivity contribution < 1.29 is 35.8 Å². The lowest BCUT2D eigenvalue weighted by Gasteiger charge is -2.31. The van der Waals surface area contributed by atoms with Gasteiger partial charge in [0.1, 0.15) is 6.17 Å². The van der Waals surface area contributed by atoms with Crippen molar-refractivity contribution in [3.05, 3.63) is 82.7 Å². The van der Waals surface area contributed by atoms with E-state index >= 15 is 13.2 Å². The van der Waals surface area contributed by atoms with Crippen molar-refractivity contribution >= 4 is 0 Å². The third-order valence-corrected chi connectivity index (χ3v) is 8.15. The molecule has 2 nitrogen and oxygen atoms in total. The number of halogens is 6. The maximum absolute atomic E-state index is 15.2. The lowest BCUT2D eigenvalue weighted by Crippen LogP contribution is -2.24. The normalized spacial score (nSPS) is 17.7. The van der Waals surface area contributed by atoms with Crippen LogP contribution in [0, 0.1) is 35.0 Å². The molecule has 0 aliphatic heterocycles. The fourth-order valence-corrected chi connectivity index (χ4v) is 5.78. The highest BCUT2D eigenvalue weighted by molar-refractivity contribution is 5.66. The molecule has 1 saturated carbocycles. The van der Waals surface area contributed by atoms with Crippen LogP contribution in [0.25, 0.3) is 11.1 Å². The van der Waals surface area contributed by atoms with E-state index in [0.29, 0.717) is 37.9 Å². The summed E-state index contributed by atoms with van der Waals surface area (Å²) in [6.07, 6.45) is 4.79. The highest BCUT2D eigenvalue weighted by atomic mass is 19.2.